The van der Waals surface area contributed by atoms with Crippen molar-refractivity contribution in [2.24, 2.45) is 0 Å². The number of nitrogens with zero attached hydrogens (tertiary/aromatic N) is 1. The molecule has 0 radical (unpaired) electrons. The molecule has 0 spiro atoms. The van der Waals surface area contributed by atoms with Crippen molar-refractivity contribution in [2.45, 2.75) is 4.90 Å². The predicted octanol–water partition coefficient (Wildman–Crippen LogP) is 4.82. The number of fused-ring (bicyclic) bond motifs is 1. The number of aromatic amines is 1. The van der Waals surface area contributed by atoms with Gasteiger partial charge in [-0.25, -0.2) is 17.8 Å². The lowest BCUT2D eigenvalue weighted by molar-refractivity contribution is 0.601. The minimum atomic E-state index is -3.87. The van der Waals surface area contributed by atoms with Gasteiger partial charge in [-0.3, -0.25) is 4.72 Å². The Morgan fingerprint density at radius 3 is 2.52 bits per heavy atom. The van der Waals surface area contributed by atoms with Gasteiger partial charge in [0.2, 0.25) is 0 Å². The van der Waals surface area contributed by atoms with Crippen LogP contribution in [0.5, 0.6) is 0 Å². The first-order chi connectivity index (χ1) is 12.9. The molecule has 136 valence electrons. The lowest BCUT2D eigenvalue weighted by Crippen LogP contribution is -2.12. The zero-order chi connectivity index (χ0) is 19.0. The fraction of sp³-hybridized carbons (Fsp3) is 0. The molecular formula is C19H13ClFN3O2S. The second kappa shape index (κ2) is 6.68. The van der Waals surface area contributed by atoms with Gasteiger partial charge < -0.3 is 4.98 Å². The summed E-state index contributed by atoms with van der Waals surface area (Å²) in [6, 6.07) is 17.8. The molecule has 2 N–H and O–H groups in total. The number of anilines is 1. The van der Waals surface area contributed by atoms with Gasteiger partial charge >= 0.3 is 0 Å². The van der Waals surface area contributed by atoms with Crippen molar-refractivity contribution in [3.63, 3.8) is 0 Å². The van der Waals surface area contributed by atoms with E-state index in [1.165, 1.54) is 24.3 Å². The number of sulfonamides is 1. The van der Waals surface area contributed by atoms with E-state index >= 15 is 0 Å². The summed E-state index contributed by atoms with van der Waals surface area (Å²) in [6.45, 7) is 0. The van der Waals surface area contributed by atoms with Crippen LogP contribution < -0.4 is 4.72 Å². The zero-order valence-electron chi connectivity index (χ0n) is 13.8. The summed E-state index contributed by atoms with van der Waals surface area (Å²) in [4.78, 5) is 7.67. The van der Waals surface area contributed by atoms with Crippen LogP contribution in [0.15, 0.2) is 71.6 Å². The number of rotatable bonds is 4. The first-order valence-electron chi connectivity index (χ1n) is 7.95. The quantitative estimate of drug-likeness (QED) is 0.514. The molecule has 0 bridgehead atoms. The number of nitrogens with one attached hydrogen (secondary N) is 2. The molecule has 0 amide bonds. The van der Waals surface area contributed by atoms with Crippen molar-refractivity contribution in [1.29, 1.82) is 0 Å². The van der Waals surface area contributed by atoms with Crippen LogP contribution >= 0.6 is 11.6 Å². The zero-order valence-corrected chi connectivity index (χ0v) is 15.4. The molecule has 8 heteroatoms. The molecule has 0 fully saturated rings. The third-order valence-electron chi connectivity index (χ3n) is 3.98. The van der Waals surface area contributed by atoms with Gasteiger partial charge in [0.05, 0.1) is 26.6 Å². The smallest absolute Gasteiger partial charge is 0.261 e. The Balaban J connectivity index is 1.69. The third kappa shape index (κ3) is 3.51. The van der Waals surface area contributed by atoms with Gasteiger partial charge in [0.15, 0.2) is 0 Å². The Morgan fingerprint density at radius 1 is 1.00 bits per heavy atom. The maximum absolute atomic E-state index is 13.3. The number of aromatic nitrogens is 2. The Labute approximate surface area is 159 Å². The summed E-state index contributed by atoms with van der Waals surface area (Å²) < 4.78 is 40.9. The minimum absolute atomic E-state index is 0.0544. The molecule has 27 heavy (non-hydrogen) atoms. The van der Waals surface area contributed by atoms with Crippen molar-refractivity contribution in [3.05, 3.63) is 77.6 Å². The van der Waals surface area contributed by atoms with Crippen LogP contribution in [0.3, 0.4) is 0 Å². The normalized spacial score (nSPS) is 11.6. The SMILES string of the molecule is O=S(=O)(Nc1ccc(F)c(Cl)c1)c1ccc2nc(-c3ccccc3)[nH]c2c1. The fourth-order valence-electron chi connectivity index (χ4n) is 2.66. The summed E-state index contributed by atoms with van der Waals surface area (Å²) in [7, 11) is -3.87. The second-order valence-electron chi connectivity index (χ2n) is 5.86. The number of halogens is 2. The van der Waals surface area contributed by atoms with Crippen LogP contribution in [0.4, 0.5) is 10.1 Å². The first-order valence-corrected chi connectivity index (χ1v) is 9.81. The number of hydrogen-bond donors (Lipinski definition) is 2. The van der Waals surface area contributed by atoms with Crippen LogP contribution in [0.1, 0.15) is 0 Å². The Kier molecular flexibility index (Phi) is 4.33. The van der Waals surface area contributed by atoms with E-state index in [2.05, 4.69) is 14.7 Å². The van der Waals surface area contributed by atoms with E-state index < -0.39 is 15.8 Å². The predicted molar refractivity (Wildman–Crippen MR) is 104 cm³/mol. The van der Waals surface area contributed by atoms with E-state index in [4.69, 9.17) is 11.6 Å². The average Bonchev–Trinajstić information content (AvgIpc) is 3.09. The van der Waals surface area contributed by atoms with Gasteiger partial charge in [0, 0.05) is 5.56 Å². The van der Waals surface area contributed by atoms with Gasteiger partial charge in [-0.1, -0.05) is 41.9 Å². The lowest BCUT2D eigenvalue weighted by Gasteiger charge is -2.08. The van der Waals surface area contributed by atoms with Crippen molar-refractivity contribution in [2.75, 3.05) is 4.72 Å². The number of benzene rings is 3. The maximum atomic E-state index is 13.3. The van der Waals surface area contributed by atoms with Crippen molar-refractivity contribution in [3.8, 4) is 11.4 Å². The fourth-order valence-corrected chi connectivity index (χ4v) is 3.92. The van der Waals surface area contributed by atoms with Gasteiger partial charge in [-0.15, -0.1) is 0 Å². The molecule has 0 aliphatic rings. The molecule has 1 aromatic heterocycles. The van der Waals surface area contributed by atoms with Crippen LogP contribution in [0, 0.1) is 5.82 Å². The molecule has 3 aromatic carbocycles. The van der Waals surface area contributed by atoms with Gasteiger partial charge in [-0.05, 0) is 36.4 Å². The second-order valence-corrected chi connectivity index (χ2v) is 7.95. The third-order valence-corrected chi connectivity index (χ3v) is 5.65. The highest BCUT2D eigenvalue weighted by Crippen LogP contribution is 2.25. The topological polar surface area (TPSA) is 74.8 Å². The molecule has 0 saturated carbocycles. The molecule has 4 aromatic rings. The highest BCUT2D eigenvalue weighted by atomic mass is 35.5. The van der Waals surface area contributed by atoms with Crippen molar-refractivity contribution < 1.29 is 12.8 Å². The highest BCUT2D eigenvalue weighted by Gasteiger charge is 2.17. The molecular weight excluding hydrogens is 389 g/mol. The summed E-state index contributed by atoms with van der Waals surface area (Å²) in [5, 5.41) is -0.160. The van der Waals surface area contributed by atoms with Crippen molar-refractivity contribution >= 4 is 38.3 Å². The Hall–Kier alpha value is -2.90. The lowest BCUT2D eigenvalue weighted by atomic mass is 10.2. The molecule has 5 nitrogen and oxygen atoms in total. The standard InChI is InChI=1S/C19H13ClFN3O2S/c20-15-10-13(6-8-16(15)21)24-27(25,26)14-7-9-17-18(11-14)23-19(22-17)12-4-2-1-3-5-12/h1-11,24H,(H,22,23). The van der Waals surface area contributed by atoms with Crippen LogP contribution in [0.25, 0.3) is 22.4 Å². The maximum Gasteiger partial charge on any atom is 0.261 e. The van der Waals surface area contributed by atoms with Crippen LogP contribution in [-0.4, -0.2) is 18.4 Å². The van der Waals surface area contributed by atoms with Crippen molar-refractivity contribution in [1.82, 2.24) is 9.97 Å². The largest absolute Gasteiger partial charge is 0.338 e. The molecule has 0 aliphatic carbocycles. The van der Waals surface area contributed by atoms with Gasteiger partial charge in [-0.2, -0.15) is 0 Å². The highest BCUT2D eigenvalue weighted by molar-refractivity contribution is 7.92. The summed E-state index contributed by atoms with van der Waals surface area (Å²) in [5.74, 6) is 0.0327. The van der Waals surface area contributed by atoms with E-state index in [9.17, 15) is 12.8 Å². The first kappa shape index (κ1) is 17.5. The molecule has 4 rings (SSSR count). The molecule has 0 atom stereocenters. The number of hydrogen-bond acceptors (Lipinski definition) is 3. The number of H-pyrrole nitrogens is 1. The summed E-state index contributed by atoms with van der Waals surface area (Å²) in [5.41, 5.74) is 2.32. The Morgan fingerprint density at radius 2 is 1.78 bits per heavy atom. The molecule has 0 aliphatic heterocycles. The monoisotopic (exact) mass is 401 g/mol. The summed E-state index contributed by atoms with van der Waals surface area (Å²) in [6.07, 6.45) is 0. The average molecular weight is 402 g/mol. The molecule has 0 saturated heterocycles. The summed E-state index contributed by atoms with van der Waals surface area (Å²) >= 11 is 5.70. The molecule has 1 heterocycles. The van der Waals surface area contributed by atoms with Crippen LogP contribution in [0.2, 0.25) is 5.02 Å². The van der Waals surface area contributed by atoms with E-state index in [0.29, 0.717) is 16.9 Å². The van der Waals surface area contributed by atoms with E-state index in [-0.39, 0.29) is 15.6 Å². The van der Waals surface area contributed by atoms with E-state index in [0.717, 1.165) is 11.6 Å². The van der Waals surface area contributed by atoms with Gasteiger partial charge in [0.25, 0.3) is 10.0 Å². The Bertz CT molecular complexity index is 1240. The van der Waals surface area contributed by atoms with E-state index in [1.54, 1.807) is 6.07 Å². The molecule has 0 unspecified atom stereocenters. The number of imidazole rings is 1. The van der Waals surface area contributed by atoms with E-state index in [1.807, 2.05) is 30.3 Å². The van der Waals surface area contributed by atoms with Crippen LogP contribution in [-0.2, 0) is 10.0 Å². The minimum Gasteiger partial charge on any atom is -0.338 e. The van der Waals surface area contributed by atoms with Gasteiger partial charge in [0.1, 0.15) is 11.6 Å².